The first-order valence-corrected chi connectivity index (χ1v) is 7.27. The Labute approximate surface area is 114 Å². The molecule has 2 aliphatic rings. The molecule has 0 saturated carbocycles. The summed E-state index contributed by atoms with van der Waals surface area (Å²) in [5, 5.41) is 9.41. The molecule has 5 heteroatoms. The van der Waals surface area contributed by atoms with Crippen LogP contribution >= 0.6 is 0 Å². The maximum absolute atomic E-state index is 9.41. The van der Waals surface area contributed by atoms with Crippen LogP contribution in [0.15, 0.2) is 18.5 Å². The molecule has 3 heterocycles. The van der Waals surface area contributed by atoms with Gasteiger partial charge in [0.1, 0.15) is 0 Å². The molecule has 19 heavy (non-hydrogen) atoms. The molecule has 2 fully saturated rings. The van der Waals surface area contributed by atoms with Gasteiger partial charge in [-0.2, -0.15) is 0 Å². The summed E-state index contributed by atoms with van der Waals surface area (Å²) in [6, 6.07) is 2.71. The monoisotopic (exact) mass is 262 g/mol. The van der Waals surface area contributed by atoms with Gasteiger partial charge in [0.15, 0.2) is 0 Å². The molecule has 2 saturated heterocycles. The Balaban J connectivity index is 1.67. The molecule has 1 aromatic heterocycles. The van der Waals surface area contributed by atoms with Gasteiger partial charge in [0.25, 0.3) is 0 Å². The minimum Gasteiger partial charge on any atom is -0.395 e. The van der Waals surface area contributed by atoms with Crippen LogP contribution in [0.5, 0.6) is 0 Å². The number of likely N-dealkylation sites (tertiary alicyclic amines) is 1. The van der Waals surface area contributed by atoms with Crippen LogP contribution in [-0.4, -0.2) is 58.3 Å². The smallest absolute Gasteiger partial charge is 0.225 e. The number of aliphatic hydroxyl groups is 1. The van der Waals surface area contributed by atoms with Gasteiger partial charge in [-0.1, -0.05) is 0 Å². The molecule has 104 valence electrons. The largest absolute Gasteiger partial charge is 0.395 e. The first-order chi connectivity index (χ1) is 9.38. The second-order valence-electron chi connectivity index (χ2n) is 5.51. The Hall–Kier alpha value is -1.20. The van der Waals surface area contributed by atoms with Crippen molar-refractivity contribution in [2.24, 2.45) is 0 Å². The van der Waals surface area contributed by atoms with E-state index in [9.17, 15) is 5.11 Å². The highest BCUT2D eigenvalue weighted by Gasteiger charge is 2.32. The molecule has 1 aromatic rings. The molecule has 0 aliphatic carbocycles. The van der Waals surface area contributed by atoms with Crippen LogP contribution in [0.4, 0.5) is 5.95 Å². The molecule has 0 amide bonds. The second kappa shape index (κ2) is 5.84. The molecule has 3 rings (SSSR count). The molecule has 1 N–H and O–H groups in total. The Morgan fingerprint density at radius 1 is 1.11 bits per heavy atom. The average Bonchev–Trinajstić information content (AvgIpc) is 3.09. The number of aromatic nitrogens is 2. The van der Waals surface area contributed by atoms with Gasteiger partial charge in [-0.15, -0.1) is 0 Å². The number of hydrogen-bond donors (Lipinski definition) is 1. The van der Waals surface area contributed by atoms with Gasteiger partial charge in [-0.05, 0) is 38.3 Å². The van der Waals surface area contributed by atoms with Crippen molar-refractivity contribution in [3.63, 3.8) is 0 Å². The van der Waals surface area contributed by atoms with Gasteiger partial charge in [0.05, 0.1) is 6.61 Å². The van der Waals surface area contributed by atoms with Gasteiger partial charge in [0, 0.05) is 37.6 Å². The maximum atomic E-state index is 9.41. The third kappa shape index (κ3) is 2.72. The van der Waals surface area contributed by atoms with E-state index in [-0.39, 0.29) is 6.61 Å². The predicted octanol–water partition coefficient (Wildman–Crippen LogP) is 0.902. The van der Waals surface area contributed by atoms with E-state index in [2.05, 4.69) is 19.8 Å². The maximum Gasteiger partial charge on any atom is 0.225 e. The first kappa shape index (κ1) is 12.8. The van der Waals surface area contributed by atoms with E-state index in [1.807, 2.05) is 18.5 Å². The fraction of sp³-hybridized carbons (Fsp3) is 0.714. The summed E-state index contributed by atoms with van der Waals surface area (Å²) in [4.78, 5) is 13.5. The standard InChI is InChI=1S/C14H22N4O/c19-11-13-5-1-8-17(13)10-12-4-2-9-18(12)14-15-6-3-7-16-14/h3,6-7,12-13,19H,1-2,4-5,8-11H2. The number of rotatable bonds is 4. The lowest BCUT2D eigenvalue weighted by atomic mass is 10.2. The van der Waals surface area contributed by atoms with Crippen LogP contribution in [-0.2, 0) is 0 Å². The van der Waals surface area contributed by atoms with Crippen molar-refractivity contribution < 1.29 is 5.11 Å². The molecular formula is C14H22N4O. The summed E-state index contributed by atoms with van der Waals surface area (Å²) in [7, 11) is 0. The van der Waals surface area contributed by atoms with Crippen LogP contribution in [0.2, 0.25) is 0 Å². The van der Waals surface area contributed by atoms with E-state index in [1.165, 1.54) is 19.3 Å². The zero-order valence-corrected chi connectivity index (χ0v) is 11.3. The first-order valence-electron chi connectivity index (χ1n) is 7.27. The van der Waals surface area contributed by atoms with Crippen molar-refractivity contribution in [2.45, 2.75) is 37.8 Å². The SMILES string of the molecule is OCC1CCCN1CC1CCCN1c1ncccn1. The lowest BCUT2D eigenvalue weighted by Gasteiger charge is -2.31. The number of nitrogens with zero attached hydrogens (tertiary/aromatic N) is 4. The van der Waals surface area contributed by atoms with E-state index in [0.29, 0.717) is 12.1 Å². The van der Waals surface area contributed by atoms with E-state index in [4.69, 9.17) is 0 Å². The van der Waals surface area contributed by atoms with Crippen LogP contribution in [0.1, 0.15) is 25.7 Å². The quantitative estimate of drug-likeness (QED) is 0.874. The zero-order chi connectivity index (χ0) is 13.1. The summed E-state index contributed by atoms with van der Waals surface area (Å²) >= 11 is 0. The summed E-state index contributed by atoms with van der Waals surface area (Å²) in [5.74, 6) is 0.852. The summed E-state index contributed by atoms with van der Waals surface area (Å²) in [6.07, 6.45) is 8.37. The predicted molar refractivity (Wildman–Crippen MR) is 74.1 cm³/mol. The topological polar surface area (TPSA) is 52.5 Å². The highest BCUT2D eigenvalue weighted by Crippen LogP contribution is 2.25. The van der Waals surface area contributed by atoms with E-state index < -0.39 is 0 Å². The van der Waals surface area contributed by atoms with Gasteiger partial charge in [0.2, 0.25) is 5.95 Å². The summed E-state index contributed by atoms with van der Waals surface area (Å²) in [5.41, 5.74) is 0. The fourth-order valence-electron chi connectivity index (χ4n) is 3.34. The van der Waals surface area contributed by atoms with Crippen molar-refractivity contribution in [3.8, 4) is 0 Å². The van der Waals surface area contributed by atoms with E-state index in [0.717, 1.165) is 32.0 Å². The third-order valence-corrected chi connectivity index (χ3v) is 4.34. The Morgan fingerprint density at radius 3 is 2.63 bits per heavy atom. The molecule has 2 atom stereocenters. The van der Waals surface area contributed by atoms with Crippen molar-refractivity contribution in [3.05, 3.63) is 18.5 Å². The van der Waals surface area contributed by atoms with Crippen molar-refractivity contribution in [1.82, 2.24) is 14.9 Å². The fourth-order valence-corrected chi connectivity index (χ4v) is 3.34. The Morgan fingerprint density at radius 2 is 1.84 bits per heavy atom. The van der Waals surface area contributed by atoms with Gasteiger partial charge in [-0.25, -0.2) is 9.97 Å². The number of aliphatic hydroxyl groups excluding tert-OH is 1. The average molecular weight is 262 g/mol. The highest BCUT2D eigenvalue weighted by atomic mass is 16.3. The van der Waals surface area contributed by atoms with E-state index in [1.54, 1.807) is 0 Å². The molecule has 0 aromatic carbocycles. The number of anilines is 1. The Kier molecular flexibility index (Phi) is 3.94. The second-order valence-corrected chi connectivity index (χ2v) is 5.51. The van der Waals surface area contributed by atoms with Crippen LogP contribution < -0.4 is 4.90 Å². The van der Waals surface area contributed by atoms with E-state index >= 15 is 0 Å². The zero-order valence-electron chi connectivity index (χ0n) is 11.3. The molecule has 0 bridgehead atoms. The van der Waals surface area contributed by atoms with Crippen LogP contribution in [0.25, 0.3) is 0 Å². The van der Waals surface area contributed by atoms with Crippen molar-refractivity contribution in [2.75, 3.05) is 31.1 Å². The highest BCUT2D eigenvalue weighted by molar-refractivity contribution is 5.32. The lowest BCUT2D eigenvalue weighted by Crippen LogP contribution is -2.44. The number of hydrogen-bond acceptors (Lipinski definition) is 5. The molecule has 2 unspecified atom stereocenters. The molecule has 5 nitrogen and oxygen atoms in total. The van der Waals surface area contributed by atoms with Crippen molar-refractivity contribution in [1.29, 1.82) is 0 Å². The van der Waals surface area contributed by atoms with Crippen molar-refractivity contribution >= 4 is 5.95 Å². The van der Waals surface area contributed by atoms with Gasteiger partial charge < -0.3 is 10.0 Å². The summed E-state index contributed by atoms with van der Waals surface area (Å²) in [6.45, 7) is 3.48. The minimum absolute atomic E-state index is 0.286. The minimum atomic E-state index is 0.286. The molecule has 0 radical (unpaired) electrons. The molecule has 0 spiro atoms. The molecule has 2 aliphatic heterocycles. The van der Waals surface area contributed by atoms with Crippen LogP contribution in [0.3, 0.4) is 0 Å². The third-order valence-electron chi connectivity index (χ3n) is 4.34. The molecular weight excluding hydrogens is 240 g/mol. The lowest BCUT2D eigenvalue weighted by molar-refractivity contribution is 0.153. The Bertz CT molecular complexity index is 400. The van der Waals surface area contributed by atoms with Crippen LogP contribution in [0, 0.1) is 0 Å². The van der Waals surface area contributed by atoms with Gasteiger partial charge >= 0.3 is 0 Å². The summed E-state index contributed by atoms with van der Waals surface area (Å²) < 4.78 is 0. The van der Waals surface area contributed by atoms with Gasteiger partial charge in [-0.3, -0.25) is 4.90 Å². The normalized spacial score (nSPS) is 28.2.